The zero-order chi connectivity index (χ0) is 21.1. The number of alkyl carbamates (subject to hydrolysis) is 1. The smallest absolute Gasteiger partial charge is 0.407 e. The van der Waals surface area contributed by atoms with E-state index in [1.165, 1.54) is 77.0 Å². The first-order valence-electron chi connectivity index (χ1n) is 12.0. The number of ether oxygens (including phenoxy) is 1. The standard InChI is InChI=1S/C25H49NO2/c1-6-8-10-11-12-13-14-15-16-17-19-21-23(20-18-9-7-2)26-24(27)28-22-25(3,4)5/h13-14,23H,6-12,15-22H2,1-5H3,(H,26,27)/b14-13+. The van der Waals surface area contributed by atoms with Gasteiger partial charge in [-0.05, 0) is 43.9 Å². The van der Waals surface area contributed by atoms with Crippen LogP contribution in [-0.2, 0) is 4.74 Å². The molecule has 0 aliphatic carbocycles. The normalized spacial score (nSPS) is 13.0. The molecular weight excluding hydrogens is 346 g/mol. The van der Waals surface area contributed by atoms with E-state index in [1.807, 2.05) is 0 Å². The summed E-state index contributed by atoms with van der Waals surface area (Å²) in [5, 5.41) is 3.11. The average Bonchev–Trinajstić information content (AvgIpc) is 2.64. The monoisotopic (exact) mass is 395 g/mol. The van der Waals surface area contributed by atoms with Crippen molar-refractivity contribution in [2.75, 3.05) is 6.61 Å². The lowest BCUT2D eigenvalue weighted by molar-refractivity contribution is 0.102. The van der Waals surface area contributed by atoms with Crippen LogP contribution in [0.5, 0.6) is 0 Å². The Bertz CT molecular complexity index is 384. The molecule has 0 heterocycles. The first kappa shape index (κ1) is 27.0. The molecule has 0 aromatic rings. The third-order valence-electron chi connectivity index (χ3n) is 4.93. The van der Waals surface area contributed by atoms with Crippen molar-refractivity contribution in [3.63, 3.8) is 0 Å². The van der Waals surface area contributed by atoms with Gasteiger partial charge in [0, 0.05) is 6.04 Å². The van der Waals surface area contributed by atoms with Gasteiger partial charge in [0.15, 0.2) is 0 Å². The molecule has 0 spiro atoms. The fourth-order valence-electron chi connectivity index (χ4n) is 3.17. The van der Waals surface area contributed by atoms with Gasteiger partial charge in [-0.2, -0.15) is 0 Å². The molecule has 0 aromatic carbocycles. The Hall–Kier alpha value is -0.990. The minimum atomic E-state index is -0.248. The van der Waals surface area contributed by atoms with Crippen LogP contribution < -0.4 is 5.32 Å². The highest BCUT2D eigenvalue weighted by Gasteiger charge is 2.16. The van der Waals surface area contributed by atoms with Gasteiger partial charge in [-0.1, -0.05) is 98.1 Å². The lowest BCUT2D eigenvalue weighted by Crippen LogP contribution is -2.36. The van der Waals surface area contributed by atoms with Crippen molar-refractivity contribution in [3.8, 4) is 0 Å². The van der Waals surface area contributed by atoms with E-state index in [0.29, 0.717) is 6.61 Å². The van der Waals surface area contributed by atoms with Gasteiger partial charge in [0.05, 0.1) is 6.61 Å². The van der Waals surface area contributed by atoms with Gasteiger partial charge in [0.25, 0.3) is 0 Å². The molecule has 0 aliphatic heterocycles. The summed E-state index contributed by atoms with van der Waals surface area (Å²) >= 11 is 0. The van der Waals surface area contributed by atoms with Crippen LogP contribution in [0.4, 0.5) is 4.79 Å². The number of nitrogens with one attached hydrogen (secondary N) is 1. The van der Waals surface area contributed by atoms with Crippen molar-refractivity contribution in [1.29, 1.82) is 0 Å². The highest BCUT2D eigenvalue weighted by atomic mass is 16.5. The van der Waals surface area contributed by atoms with Crippen LogP contribution in [0.2, 0.25) is 0 Å². The molecule has 0 fully saturated rings. The molecule has 166 valence electrons. The molecule has 3 heteroatoms. The summed E-state index contributed by atoms with van der Waals surface area (Å²) in [6, 6.07) is 0.258. The summed E-state index contributed by atoms with van der Waals surface area (Å²) in [6.07, 6.45) is 21.7. The number of carbonyl (C=O) groups is 1. The topological polar surface area (TPSA) is 38.3 Å². The van der Waals surface area contributed by atoms with Crippen LogP contribution in [0.25, 0.3) is 0 Å². The van der Waals surface area contributed by atoms with Crippen LogP contribution in [0.15, 0.2) is 12.2 Å². The largest absolute Gasteiger partial charge is 0.449 e. The number of hydrogen-bond donors (Lipinski definition) is 1. The Labute approximate surface area is 176 Å². The van der Waals surface area contributed by atoms with Crippen molar-refractivity contribution < 1.29 is 9.53 Å². The van der Waals surface area contributed by atoms with Crippen molar-refractivity contribution in [3.05, 3.63) is 12.2 Å². The van der Waals surface area contributed by atoms with Crippen molar-refractivity contribution in [2.45, 2.75) is 131 Å². The van der Waals surface area contributed by atoms with E-state index in [2.05, 4.69) is 52.1 Å². The van der Waals surface area contributed by atoms with Crippen LogP contribution in [0, 0.1) is 5.41 Å². The average molecular weight is 396 g/mol. The summed E-state index contributed by atoms with van der Waals surface area (Å²) in [4.78, 5) is 12.1. The molecule has 0 saturated carbocycles. The van der Waals surface area contributed by atoms with Crippen molar-refractivity contribution in [1.82, 2.24) is 5.32 Å². The lowest BCUT2D eigenvalue weighted by Gasteiger charge is -2.21. The molecule has 0 bridgehead atoms. The Balaban J connectivity index is 3.95. The molecule has 0 radical (unpaired) electrons. The summed E-state index contributed by atoms with van der Waals surface area (Å²) in [5.41, 5.74) is 0.0125. The molecule has 0 aromatic heterocycles. The number of amides is 1. The van der Waals surface area contributed by atoms with E-state index in [-0.39, 0.29) is 17.6 Å². The number of unbranched alkanes of at least 4 members (excludes halogenated alkanes) is 9. The van der Waals surface area contributed by atoms with E-state index in [1.54, 1.807) is 0 Å². The van der Waals surface area contributed by atoms with Gasteiger partial charge < -0.3 is 10.1 Å². The van der Waals surface area contributed by atoms with Crippen molar-refractivity contribution in [2.24, 2.45) is 5.41 Å². The van der Waals surface area contributed by atoms with E-state index < -0.39 is 0 Å². The molecule has 3 nitrogen and oxygen atoms in total. The Morgan fingerprint density at radius 1 is 0.821 bits per heavy atom. The zero-order valence-electron chi connectivity index (χ0n) is 19.7. The Kier molecular flexibility index (Phi) is 17.4. The van der Waals surface area contributed by atoms with Gasteiger partial charge in [-0.15, -0.1) is 0 Å². The predicted octanol–water partition coefficient (Wildman–Crippen LogP) is 8.18. The molecule has 0 rings (SSSR count). The quantitative estimate of drug-likeness (QED) is 0.199. The SMILES string of the molecule is CCCCCC/C=C/CCCCCC(CCCCC)NC(=O)OCC(C)(C)C. The summed E-state index contributed by atoms with van der Waals surface area (Å²) < 4.78 is 5.39. The minimum Gasteiger partial charge on any atom is -0.449 e. The van der Waals surface area contributed by atoms with Gasteiger partial charge >= 0.3 is 6.09 Å². The maximum atomic E-state index is 12.1. The molecular formula is C25H49NO2. The highest BCUT2D eigenvalue weighted by molar-refractivity contribution is 5.67. The number of hydrogen-bond acceptors (Lipinski definition) is 2. The highest BCUT2D eigenvalue weighted by Crippen LogP contribution is 2.15. The first-order valence-corrected chi connectivity index (χ1v) is 12.0. The fraction of sp³-hybridized carbons (Fsp3) is 0.880. The van der Waals surface area contributed by atoms with Crippen molar-refractivity contribution >= 4 is 6.09 Å². The second-order valence-electron chi connectivity index (χ2n) is 9.43. The Morgan fingerprint density at radius 3 is 1.86 bits per heavy atom. The molecule has 1 N–H and O–H groups in total. The number of carbonyl (C=O) groups excluding carboxylic acids is 1. The maximum absolute atomic E-state index is 12.1. The van der Waals surface area contributed by atoms with Crippen LogP contribution in [0.3, 0.4) is 0 Å². The van der Waals surface area contributed by atoms with Gasteiger partial charge in [0.2, 0.25) is 0 Å². The minimum absolute atomic E-state index is 0.0125. The Morgan fingerprint density at radius 2 is 1.32 bits per heavy atom. The number of rotatable bonds is 17. The third-order valence-corrected chi connectivity index (χ3v) is 4.93. The summed E-state index contributed by atoms with van der Waals surface area (Å²) in [6.45, 7) is 11.2. The molecule has 1 atom stereocenters. The molecule has 1 unspecified atom stereocenters. The summed E-state index contributed by atoms with van der Waals surface area (Å²) in [7, 11) is 0. The molecule has 28 heavy (non-hydrogen) atoms. The number of allylic oxidation sites excluding steroid dienone is 2. The predicted molar refractivity (Wildman–Crippen MR) is 123 cm³/mol. The van der Waals surface area contributed by atoms with Crippen LogP contribution in [0.1, 0.15) is 125 Å². The molecule has 0 saturated heterocycles. The second kappa shape index (κ2) is 18.1. The third kappa shape index (κ3) is 19.8. The van der Waals surface area contributed by atoms with E-state index in [4.69, 9.17) is 4.74 Å². The van der Waals surface area contributed by atoms with E-state index >= 15 is 0 Å². The van der Waals surface area contributed by atoms with Crippen LogP contribution >= 0.6 is 0 Å². The summed E-state index contributed by atoms with van der Waals surface area (Å²) in [5.74, 6) is 0. The van der Waals surface area contributed by atoms with E-state index in [0.717, 1.165) is 12.8 Å². The fourth-order valence-corrected chi connectivity index (χ4v) is 3.17. The molecule has 1 amide bonds. The second-order valence-corrected chi connectivity index (χ2v) is 9.43. The van der Waals surface area contributed by atoms with Gasteiger partial charge in [-0.3, -0.25) is 0 Å². The first-order chi connectivity index (χ1) is 13.4. The van der Waals surface area contributed by atoms with E-state index in [9.17, 15) is 4.79 Å². The maximum Gasteiger partial charge on any atom is 0.407 e. The van der Waals surface area contributed by atoms with Crippen LogP contribution in [-0.4, -0.2) is 18.7 Å². The zero-order valence-corrected chi connectivity index (χ0v) is 19.7. The lowest BCUT2D eigenvalue weighted by atomic mass is 9.99. The van der Waals surface area contributed by atoms with Gasteiger partial charge in [0.1, 0.15) is 0 Å². The van der Waals surface area contributed by atoms with Gasteiger partial charge in [-0.25, -0.2) is 4.79 Å². The molecule has 0 aliphatic rings.